The summed E-state index contributed by atoms with van der Waals surface area (Å²) in [6.45, 7) is 0.166. The average molecular weight is 162 g/mol. The van der Waals surface area contributed by atoms with E-state index in [0.29, 0.717) is 0 Å². The van der Waals surface area contributed by atoms with Gasteiger partial charge in [0.25, 0.3) is 0 Å². The highest BCUT2D eigenvalue weighted by Crippen LogP contribution is 2.29. The molecule has 5 heteroatoms. The standard InChI is InChI=1S/C6H10O5/c7-2-1-10-5-3(8)6(9)11-4(2)5/h2-9H,1H2. The molecule has 0 amide bonds. The van der Waals surface area contributed by atoms with Crippen LogP contribution in [0, 0.1) is 0 Å². The first-order chi connectivity index (χ1) is 5.20. The molecule has 5 atom stereocenters. The molecule has 0 aromatic carbocycles. The van der Waals surface area contributed by atoms with Gasteiger partial charge in [-0.1, -0.05) is 0 Å². The Labute approximate surface area is 63.2 Å². The number of fused-ring (bicyclic) bond motifs is 1. The van der Waals surface area contributed by atoms with Gasteiger partial charge < -0.3 is 24.8 Å². The van der Waals surface area contributed by atoms with Crippen LogP contribution in [0.25, 0.3) is 0 Å². The van der Waals surface area contributed by atoms with Gasteiger partial charge in [0.2, 0.25) is 0 Å². The highest BCUT2D eigenvalue weighted by atomic mass is 16.7. The summed E-state index contributed by atoms with van der Waals surface area (Å²) in [6, 6.07) is 0. The molecule has 2 fully saturated rings. The van der Waals surface area contributed by atoms with Crippen LogP contribution in [0.4, 0.5) is 0 Å². The molecule has 2 saturated heterocycles. The van der Waals surface area contributed by atoms with E-state index in [2.05, 4.69) is 0 Å². The molecule has 2 aliphatic rings. The Kier molecular flexibility index (Phi) is 1.62. The fourth-order valence-corrected chi connectivity index (χ4v) is 1.48. The first kappa shape index (κ1) is 7.45. The van der Waals surface area contributed by atoms with Crippen molar-refractivity contribution in [3.05, 3.63) is 0 Å². The molecule has 3 N–H and O–H groups in total. The number of aliphatic hydroxyl groups is 3. The number of hydrogen-bond acceptors (Lipinski definition) is 5. The second-order valence-electron chi connectivity index (χ2n) is 2.85. The van der Waals surface area contributed by atoms with Crippen LogP contribution in [0.15, 0.2) is 0 Å². The van der Waals surface area contributed by atoms with Gasteiger partial charge in [-0.05, 0) is 0 Å². The van der Waals surface area contributed by atoms with E-state index in [-0.39, 0.29) is 6.61 Å². The van der Waals surface area contributed by atoms with E-state index in [1.807, 2.05) is 0 Å². The predicted molar refractivity (Wildman–Crippen MR) is 32.6 cm³/mol. The first-order valence-corrected chi connectivity index (χ1v) is 3.51. The Morgan fingerprint density at radius 3 is 2.45 bits per heavy atom. The molecular formula is C6H10O5. The number of ether oxygens (including phenoxy) is 2. The zero-order valence-electron chi connectivity index (χ0n) is 5.75. The summed E-state index contributed by atoms with van der Waals surface area (Å²) in [5, 5.41) is 27.3. The largest absolute Gasteiger partial charge is 0.388 e. The van der Waals surface area contributed by atoms with Gasteiger partial charge >= 0.3 is 0 Å². The lowest BCUT2D eigenvalue weighted by molar-refractivity contribution is -0.149. The van der Waals surface area contributed by atoms with Gasteiger partial charge in [0.1, 0.15) is 24.4 Å². The van der Waals surface area contributed by atoms with Gasteiger partial charge in [-0.2, -0.15) is 0 Å². The summed E-state index contributed by atoms with van der Waals surface area (Å²) in [5.41, 5.74) is 0. The van der Waals surface area contributed by atoms with Crippen molar-refractivity contribution in [3.8, 4) is 0 Å². The summed E-state index contributed by atoms with van der Waals surface area (Å²) in [4.78, 5) is 0. The molecule has 0 saturated carbocycles. The molecular weight excluding hydrogens is 152 g/mol. The van der Waals surface area contributed by atoms with Crippen molar-refractivity contribution in [1.29, 1.82) is 0 Å². The molecule has 0 bridgehead atoms. The molecule has 0 radical (unpaired) electrons. The van der Waals surface area contributed by atoms with Crippen molar-refractivity contribution in [1.82, 2.24) is 0 Å². The van der Waals surface area contributed by atoms with Crippen LogP contribution in [0.2, 0.25) is 0 Å². The molecule has 0 aromatic rings. The third kappa shape index (κ3) is 0.969. The molecule has 64 valence electrons. The van der Waals surface area contributed by atoms with E-state index in [0.717, 1.165) is 0 Å². The van der Waals surface area contributed by atoms with Crippen molar-refractivity contribution in [3.63, 3.8) is 0 Å². The minimum Gasteiger partial charge on any atom is -0.388 e. The summed E-state index contributed by atoms with van der Waals surface area (Å²) in [6.07, 6.45) is -4.12. The van der Waals surface area contributed by atoms with E-state index >= 15 is 0 Å². The Morgan fingerprint density at radius 2 is 1.82 bits per heavy atom. The third-order valence-corrected chi connectivity index (χ3v) is 2.09. The van der Waals surface area contributed by atoms with Crippen LogP contribution in [0.3, 0.4) is 0 Å². The Hall–Kier alpha value is -0.200. The van der Waals surface area contributed by atoms with E-state index in [9.17, 15) is 5.11 Å². The molecule has 11 heavy (non-hydrogen) atoms. The van der Waals surface area contributed by atoms with Crippen molar-refractivity contribution in [2.75, 3.05) is 6.61 Å². The highest BCUT2D eigenvalue weighted by Gasteiger charge is 2.51. The summed E-state index contributed by atoms with van der Waals surface area (Å²) >= 11 is 0. The van der Waals surface area contributed by atoms with Crippen LogP contribution < -0.4 is 0 Å². The van der Waals surface area contributed by atoms with Crippen LogP contribution in [0.1, 0.15) is 0 Å². The van der Waals surface area contributed by atoms with E-state index in [1.165, 1.54) is 0 Å². The van der Waals surface area contributed by atoms with E-state index in [4.69, 9.17) is 19.7 Å². The fourth-order valence-electron chi connectivity index (χ4n) is 1.48. The van der Waals surface area contributed by atoms with E-state index in [1.54, 1.807) is 0 Å². The Morgan fingerprint density at radius 1 is 1.09 bits per heavy atom. The lowest BCUT2D eigenvalue weighted by atomic mass is 10.1. The molecule has 2 aliphatic heterocycles. The maximum Gasteiger partial charge on any atom is 0.184 e. The van der Waals surface area contributed by atoms with Gasteiger partial charge in [-0.15, -0.1) is 0 Å². The summed E-state index contributed by atoms with van der Waals surface area (Å²) < 4.78 is 9.83. The highest BCUT2D eigenvalue weighted by molar-refractivity contribution is 4.95. The van der Waals surface area contributed by atoms with Crippen LogP contribution in [0.5, 0.6) is 0 Å². The second-order valence-corrected chi connectivity index (χ2v) is 2.85. The first-order valence-electron chi connectivity index (χ1n) is 3.51. The zero-order chi connectivity index (χ0) is 8.01. The normalized spacial score (nSPS) is 56.5. The minimum absolute atomic E-state index is 0.166. The third-order valence-electron chi connectivity index (χ3n) is 2.09. The maximum absolute atomic E-state index is 9.17. The van der Waals surface area contributed by atoms with Crippen molar-refractivity contribution in [2.45, 2.75) is 30.7 Å². The number of hydrogen-bond donors (Lipinski definition) is 3. The van der Waals surface area contributed by atoms with Crippen LogP contribution in [-0.4, -0.2) is 52.6 Å². The predicted octanol–water partition coefficient (Wildman–Crippen LogP) is -2.18. The molecule has 2 rings (SSSR count). The molecule has 2 heterocycles. The van der Waals surface area contributed by atoms with Crippen molar-refractivity contribution in [2.24, 2.45) is 0 Å². The van der Waals surface area contributed by atoms with Gasteiger partial charge in [-0.25, -0.2) is 0 Å². The second kappa shape index (κ2) is 2.40. The topological polar surface area (TPSA) is 79.2 Å². The van der Waals surface area contributed by atoms with Gasteiger partial charge in [0.05, 0.1) is 6.61 Å². The lowest BCUT2D eigenvalue weighted by Gasteiger charge is -2.10. The average Bonchev–Trinajstić information content (AvgIpc) is 2.43. The summed E-state index contributed by atoms with van der Waals surface area (Å²) in [7, 11) is 0. The van der Waals surface area contributed by atoms with Crippen molar-refractivity contribution >= 4 is 0 Å². The smallest absolute Gasteiger partial charge is 0.184 e. The lowest BCUT2D eigenvalue weighted by Crippen LogP contribution is -2.32. The monoisotopic (exact) mass is 162 g/mol. The Balaban J connectivity index is 2.12. The van der Waals surface area contributed by atoms with Crippen LogP contribution >= 0.6 is 0 Å². The maximum atomic E-state index is 9.17. The quantitative estimate of drug-likeness (QED) is 0.377. The molecule has 0 aliphatic carbocycles. The van der Waals surface area contributed by atoms with Gasteiger partial charge in [-0.3, -0.25) is 0 Å². The van der Waals surface area contributed by atoms with Crippen LogP contribution in [-0.2, 0) is 9.47 Å². The number of rotatable bonds is 0. The van der Waals surface area contributed by atoms with Crippen molar-refractivity contribution < 1.29 is 24.8 Å². The molecule has 0 aromatic heterocycles. The molecule has 0 spiro atoms. The molecule has 5 nitrogen and oxygen atoms in total. The zero-order valence-corrected chi connectivity index (χ0v) is 5.75. The summed E-state index contributed by atoms with van der Waals surface area (Å²) in [5.74, 6) is 0. The number of aliphatic hydroxyl groups excluding tert-OH is 3. The minimum atomic E-state index is -1.22. The fraction of sp³-hybridized carbons (Fsp3) is 1.00. The Bertz CT molecular complexity index is 161. The SMILES string of the molecule is OC1COC2C(O)C(O)OC12. The van der Waals surface area contributed by atoms with E-state index < -0.39 is 30.7 Å². The van der Waals surface area contributed by atoms with Gasteiger partial charge in [0, 0.05) is 0 Å². The molecule has 5 unspecified atom stereocenters. The van der Waals surface area contributed by atoms with Gasteiger partial charge in [0.15, 0.2) is 6.29 Å².